The zero-order valence-electron chi connectivity index (χ0n) is 16.9. The van der Waals surface area contributed by atoms with Gasteiger partial charge in [0.2, 0.25) is 11.7 Å². The van der Waals surface area contributed by atoms with Gasteiger partial charge in [-0.25, -0.2) is 0 Å². The molecule has 2 heterocycles. The van der Waals surface area contributed by atoms with Gasteiger partial charge < -0.3 is 20.1 Å². The van der Waals surface area contributed by atoms with E-state index in [0.717, 1.165) is 18.5 Å². The molecule has 0 spiro atoms. The van der Waals surface area contributed by atoms with Crippen LogP contribution < -0.4 is 10.6 Å². The first-order valence-corrected chi connectivity index (χ1v) is 10.1. The number of nitrogens with one attached hydrogen (secondary N) is 3. The lowest BCUT2D eigenvalue weighted by atomic mass is 10.1. The minimum absolute atomic E-state index is 0.374. The zero-order chi connectivity index (χ0) is 20.9. The van der Waals surface area contributed by atoms with Crippen molar-refractivity contribution < 1.29 is 4.52 Å². The number of H-pyrrole nitrogens is 1. The molecule has 0 saturated carbocycles. The van der Waals surface area contributed by atoms with Gasteiger partial charge in [0.05, 0.1) is 6.54 Å². The molecule has 0 radical (unpaired) electrons. The summed E-state index contributed by atoms with van der Waals surface area (Å²) in [5.41, 5.74) is 4.54. The Morgan fingerprint density at radius 2 is 2.07 bits per heavy atom. The SMILES string of the molecule is CN=C(NCCc1c[nH]c2cccc(C)c12)NCc1nc(-c2cccc(Cl)c2)no1. The van der Waals surface area contributed by atoms with Gasteiger partial charge in [0, 0.05) is 41.3 Å². The number of aliphatic imine (C=N–C) groups is 1. The van der Waals surface area contributed by atoms with Gasteiger partial charge in [0.1, 0.15) is 0 Å². The number of fused-ring (bicyclic) bond motifs is 1. The Hall–Kier alpha value is -3.32. The van der Waals surface area contributed by atoms with E-state index in [4.69, 9.17) is 16.1 Å². The van der Waals surface area contributed by atoms with Crippen LogP contribution >= 0.6 is 11.6 Å². The van der Waals surface area contributed by atoms with Crippen LogP contribution in [0.3, 0.4) is 0 Å². The summed E-state index contributed by atoms with van der Waals surface area (Å²) in [7, 11) is 1.73. The number of benzene rings is 2. The van der Waals surface area contributed by atoms with E-state index in [1.165, 1.54) is 22.0 Å². The molecule has 154 valence electrons. The molecule has 0 fully saturated rings. The zero-order valence-corrected chi connectivity index (χ0v) is 17.6. The molecule has 7 nitrogen and oxygen atoms in total. The van der Waals surface area contributed by atoms with Crippen molar-refractivity contribution in [2.75, 3.05) is 13.6 Å². The Morgan fingerprint density at radius 1 is 1.20 bits per heavy atom. The second-order valence-corrected chi connectivity index (χ2v) is 7.37. The molecule has 0 atom stereocenters. The van der Waals surface area contributed by atoms with Crippen molar-refractivity contribution in [3.05, 3.63) is 70.7 Å². The monoisotopic (exact) mass is 422 g/mol. The topological polar surface area (TPSA) is 91.1 Å². The quantitative estimate of drug-likeness (QED) is 0.321. The molecule has 2 aromatic heterocycles. The van der Waals surface area contributed by atoms with Gasteiger partial charge in [-0.15, -0.1) is 0 Å². The number of nitrogens with zero attached hydrogens (tertiary/aromatic N) is 3. The summed E-state index contributed by atoms with van der Waals surface area (Å²) in [6.45, 7) is 3.26. The summed E-state index contributed by atoms with van der Waals surface area (Å²) < 4.78 is 5.32. The van der Waals surface area contributed by atoms with Crippen LogP contribution in [0.4, 0.5) is 0 Å². The number of rotatable bonds is 6. The van der Waals surface area contributed by atoms with Gasteiger partial charge >= 0.3 is 0 Å². The molecule has 4 aromatic rings. The second-order valence-electron chi connectivity index (χ2n) is 6.94. The van der Waals surface area contributed by atoms with Crippen molar-refractivity contribution in [3.8, 4) is 11.4 Å². The van der Waals surface area contributed by atoms with E-state index in [1.807, 2.05) is 12.1 Å². The van der Waals surface area contributed by atoms with E-state index in [1.54, 1.807) is 19.2 Å². The summed E-state index contributed by atoms with van der Waals surface area (Å²) in [4.78, 5) is 12.0. The molecule has 4 rings (SSSR count). The first-order valence-electron chi connectivity index (χ1n) is 9.72. The van der Waals surface area contributed by atoms with Crippen molar-refractivity contribution in [1.29, 1.82) is 0 Å². The van der Waals surface area contributed by atoms with E-state index >= 15 is 0 Å². The average molecular weight is 423 g/mol. The van der Waals surface area contributed by atoms with E-state index in [9.17, 15) is 0 Å². The maximum Gasteiger partial charge on any atom is 0.246 e. The number of aryl methyl sites for hydroxylation is 1. The van der Waals surface area contributed by atoms with E-state index in [2.05, 4.69) is 62.1 Å². The molecule has 2 aromatic carbocycles. The lowest BCUT2D eigenvalue weighted by Gasteiger charge is -2.10. The Balaban J connectivity index is 1.31. The van der Waals surface area contributed by atoms with Gasteiger partial charge in [0.15, 0.2) is 5.96 Å². The Morgan fingerprint density at radius 3 is 2.90 bits per heavy atom. The molecule has 30 heavy (non-hydrogen) atoms. The molecule has 3 N–H and O–H groups in total. The van der Waals surface area contributed by atoms with Crippen molar-refractivity contribution in [2.24, 2.45) is 4.99 Å². The number of hydrogen-bond acceptors (Lipinski definition) is 4. The standard InChI is InChI=1S/C22H23ClN6O/c1-14-5-3-8-18-20(14)16(12-26-18)9-10-25-22(24-2)27-13-19-28-21(29-30-19)15-6-4-7-17(23)11-15/h3-8,11-12,26H,9-10,13H2,1-2H3,(H2,24,25,27). The highest BCUT2D eigenvalue weighted by molar-refractivity contribution is 6.30. The summed E-state index contributed by atoms with van der Waals surface area (Å²) in [6.07, 6.45) is 2.95. The van der Waals surface area contributed by atoms with E-state index < -0.39 is 0 Å². The number of aromatic nitrogens is 3. The Labute approximate surface area is 179 Å². The molecule has 0 aliphatic carbocycles. The highest BCUT2D eigenvalue weighted by atomic mass is 35.5. The van der Waals surface area contributed by atoms with Crippen LogP contribution in [-0.2, 0) is 13.0 Å². The predicted octanol–water partition coefficient (Wildman–Crippen LogP) is 4.09. The fourth-order valence-corrected chi connectivity index (χ4v) is 3.61. The molecular weight excluding hydrogens is 400 g/mol. The van der Waals surface area contributed by atoms with Crippen LogP contribution in [0.2, 0.25) is 5.02 Å². The van der Waals surface area contributed by atoms with Crippen LogP contribution in [0.15, 0.2) is 58.2 Å². The number of guanidine groups is 1. The first-order chi connectivity index (χ1) is 14.6. The highest BCUT2D eigenvalue weighted by Crippen LogP contribution is 2.22. The van der Waals surface area contributed by atoms with Crippen molar-refractivity contribution in [1.82, 2.24) is 25.8 Å². The largest absolute Gasteiger partial charge is 0.361 e. The third-order valence-electron chi connectivity index (χ3n) is 4.86. The maximum atomic E-state index is 6.02. The Kier molecular flexibility index (Phi) is 5.99. The highest BCUT2D eigenvalue weighted by Gasteiger charge is 2.10. The predicted molar refractivity (Wildman–Crippen MR) is 120 cm³/mol. The third-order valence-corrected chi connectivity index (χ3v) is 5.10. The Bertz CT molecular complexity index is 1180. The summed E-state index contributed by atoms with van der Waals surface area (Å²) in [5.74, 6) is 1.65. The fourth-order valence-electron chi connectivity index (χ4n) is 3.42. The summed E-state index contributed by atoms with van der Waals surface area (Å²) in [6, 6.07) is 13.7. The number of halogens is 1. The van der Waals surface area contributed by atoms with Crippen molar-refractivity contribution in [2.45, 2.75) is 19.9 Å². The van der Waals surface area contributed by atoms with Crippen LogP contribution in [-0.4, -0.2) is 34.7 Å². The lowest BCUT2D eigenvalue weighted by Crippen LogP contribution is -2.37. The molecule has 0 bridgehead atoms. The van der Waals surface area contributed by atoms with Gasteiger partial charge in [-0.2, -0.15) is 4.98 Å². The molecule has 0 aliphatic rings. The van der Waals surface area contributed by atoms with Crippen molar-refractivity contribution >= 4 is 28.5 Å². The molecule has 0 saturated heterocycles. The normalized spacial score (nSPS) is 11.8. The minimum Gasteiger partial charge on any atom is -0.361 e. The molecule has 0 unspecified atom stereocenters. The summed E-state index contributed by atoms with van der Waals surface area (Å²) >= 11 is 6.02. The first kappa shape index (κ1) is 20.0. The fraction of sp³-hybridized carbons (Fsp3) is 0.227. The second kappa shape index (κ2) is 9.00. The van der Waals surface area contributed by atoms with Crippen LogP contribution in [0.5, 0.6) is 0 Å². The van der Waals surface area contributed by atoms with Gasteiger partial charge in [0.25, 0.3) is 0 Å². The van der Waals surface area contributed by atoms with E-state index in [-0.39, 0.29) is 0 Å². The van der Waals surface area contributed by atoms with Crippen LogP contribution in [0, 0.1) is 6.92 Å². The molecule has 0 amide bonds. The molecular formula is C22H23ClN6O. The smallest absolute Gasteiger partial charge is 0.246 e. The van der Waals surface area contributed by atoms with Gasteiger partial charge in [-0.05, 0) is 42.7 Å². The van der Waals surface area contributed by atoms with Crippen LogP contribution in [0.1, 0.15) is 17.0 Å². The van der Waals surface area contributed by atoms with E-state index in [0.29, 0.717) is 29.2 Å². The number of hydrogen-bond donors (Lipinski definition) is 3. The van der Waals surface area contributed by atoms with Crippen LogP contribution in [0.25, 0.3) is 22.3 Å². The van der Waals surface area contributed by atoms with Gasteiger partial charge in [-0.3, -0.25) is 4.99 Å². The number of aromatic amines is 1. The maximum absolute atomic E-state index is 6.02. The van der Waals surface area contributed by atoms with Gasteiger partial charge in [-0.1, -0.05) is 41.0 Å². The molecule has 0 aliphatic heterocycles. The third kappa shape index (κ3) is 4.46. The lowest BCUT2D eigenvalue weighted by molar-refractivity contribution is 0.375. The minimum atomic E-state index is 0.374. The van der Waals surface area contributed by atoms with Crippen molar-refractivity contribution in [3.63, 3.8) is 0 Å². The average Bonchev–Trinajstić information content (AvgIpc) is 3.38. The molecule has 8 heteroatoms. The summed E-state index contributed by atoms with van der Waals surface area (Å²) in [5, 5.41) is 12.5.